The molecule has 1 aromatic carbocycles. The van der Waals surface area contributed by atoms with Crippen LogP contribution in [0.3, 0.4) is 0 Å². The van der Waals surface area contributed by atoms with Crippen molar-refractivity contribution in [1.29, 1.82) is 0 Å². The van der Waals surface area contributed by atoms with Gasteiger partial charge in [-0.25, -0.2) is 4.98 Å². The van der Waals surface area contributed by atoms with Crippen LogP contribution in [0.2, 0.25) is 0 Å². The molecule has 0 fully saturated rings. The molecule has 0 atom stereocenters. The number of carbonyl (C=O) groups excluding carboxylic acids is 1. The predicted molar refractivity (Wildman–Crippen MR) is 64.5 cm³/mol. The number of hydrogen-bond donors (Lipinski definition) is 1. The van der Waals surface area contributed by atoms with Crippen molar-refractivity contribution in [2.24, 2.45) is 0 Å². The third-order valence-electron chi connectivity index (χ3n) is 2.41. The summed E-state index contributed by atoms with van der Waals surface area (Å²) in [7, 11) is 0. The number of hydrogen-bond acceptors (Lipinski definition) is 2. The zero-order valence-electron chi connectivity index (χ0n) is 9.45. The van der Waals surface area contributed by atoms with Crippen molar-refractivity contribution in [1.82, 2.24) is 10.3 Å². The van der Waals surface area contributed by atoms with Crippen LogP contribution in [0.4, 0.5) is 0 Å². The van der Waals surface area contributed by atoms with Crippen molar-refractivity contribution in [3.63, 3.8) is 0 Å². The van der Waals surface area contributed by atoms with Crippen molar-refractivity contribution in [2.75, 3.05) is 6.54 Å². The minimum Gasteiger partial charge on any atom is -0.351 e. The zero-order valence-corrected chi connectivity index (χ0v) is 9.45. The summed E-state index contributed by atoms with van der Waals surface area (Å²) >= 11 is 0. The molecule has 3 nitrogen and oxygen atoms in total. The molecule has 0 saturated heterocycles. The fraction of sp³-hybridized carbons (Fsp3) is 0.231. The molecule has 0 bridgehead atoms. The van der Waals surface area contributed by atoms with Crippen LogP contribution in [0.5, 0.6) is 0 Å². The predicted octanol–water partition coefficient (Wildman–Crippen LogP) is 2.29. The van der Waals surface area contributed by atoms with E-state index >= 15 is 0 Å². The van der Waals surface area contributed by atoms with Crippen molar-refractivity contribution in [2.45, 2.75) is 13.8 Å². The minimum absolute atomic E-state index is 0.120. The van der Waals surface area contributed by atoms with Crippen molar-refractivity contribution in [3.8, 4) is 0 Å². The maximum absolute atomic E-state index is 11.6. The standard InChI is InChI=1S/C13H14N2O/c1-3-14-13(16)12-7-5-10-8-9(2)4-6-11(10)15-12/h4-8H,3H2,1-2H3,(H,14,16). The summed E-state index contributed by atoms with van der Waals surface area (Å²) in [4.78, 5) is 15.9. The van der Waals surface area contributed by atoms with Crippen LogP contribution in [0.25, 0.3) is 10.9 Å². The number of nitrogens with one attached hydrogen (secondary N) is 1. The molecule has 16 heavy (non-hydrogen) atoms. The van der Waals surface area contributed by atoms with Gasteiger partial charge in [-0.2, -0.15) is 0 Å². The SMILES string of the molecule is CCNC(=O)c1ccc2cc(C)ccc2n1. The van der Waals surface area contributed by atoms with Gasteiger partial charge >= 0.3 is 0 Å². The number of benzene rings is 1. The molecule has 1 N–H and O–H groups in total. The Bertz CT molecular complexity index is 534. The number of nitrogens with zero attached hydrogens (tertiary/aromatic N) is 1. The lowest BCUT2D eigenvalue weighted by molar-refractivity contribution is 0.0951. The molecule has 2 aromatic rings. The highest BCUT2D eigenvalue weighted by atomic mass is 16.1. The van der Waals surface area contributed by atoms with E-state index < -0.39 is 0 Å². The second-order valence-corrected chi connectivity index (χ2v) is 3.75. The molecule has 1 amide bonds. The highest BCUT2D eigenvalue weighted by Gasteiger charge is 2.06. The molecular weight excluding hydrogens is 200 g/mol. The lowest BCUT2D eigenvalue weighted by Gasteiger charge is -2.03. The normalized spacial score (nSPS) is 10.4. The Labute approximate surface area is 94.5 Å². The van der Waals surface area contributed by atoms with Crippen LogP contribution < -0.4 is 5.32 Å². The molecule has 0 unspecified atom stereocenters. The average molecular weight is 214 g/mol. The second kappa shape index (κ2) is 4.31. The smallest absolute Gasteiger partial charge is 0.269 e. The first-order chi connectivity index (χ1) is 7.70. The summed E-state index contributed by atoms with van der Waals surface area (Å²) in [5.41, 5.74) is 2.52. The molecule has 0 saturated carbocycles. The van der Waals surface area contributed by atoms with Crippen LogP contribution in [0.1, 0.15) is 23.0 Å². The van der Waals surface area contributed by atoms with Crippen molar-refractivity contribution in [3.05, 3.63) is 41.6 Å². The molecule has 0 aliphatic rings. The average Bonchev–Trinajstić information content (AvgIpc) is 2.28. The molecule has 0 aliphatic heterocycles. The van der Waals surface area contributed by atoms with E-state index in [4.69, 9.17) is 0 Å². The molecule has 0 spiro atoms. The van der Waals surface area contributed by atoms with E-state index in [-0.39, 0.29) is 5.91 Å². The van der Waals surface area contributed by atoms with Gasteiger partial charge in [0.1, 0.15) is 5.69 Å². The van der Waals surface area contributed by atoms with E-state index in [2.05, 4.69) is 16.4 Å². The molecule has 0 aliphatic carbocycles. The van der Waals surface area contributed by atoms with Gasteiger partial charge in [0.2, 0.25) is 0 Å². The van der Waals surface area contributed by atoms with Gasteiger partial charge in [0.25, 0.3) is 5.91 Å². The summed E-state index contributed by atoms with van der Waals surface area (Å²) in [5.74, 6) is -0.120. The first-order valence-corrected chi connectivity index (χ1v) is 5.36. The number of carbonyl (C=O) groups is 1. The first kappa shape index (κ1) is 10.6. The second-order valence-electron chi connectivity index (χ2n) is 3.75. The molecule has 82 valence electrons. The van der Waals surface area contributed by atoms with Gasteiger partial charge in [-0.05, 0) is 32.0 Å². The molecule has 3 heteroatoms. The van der Waals surface area contributed by atoms with Gasteiger partial charge in [0.15, 0.2) is 0 Å². The summed E-state index contributed by atoms with van der Waals surface area (Å²) < 4.78 is 0. The van der Waals surface area contributed by atoms with E-state index in [1.807, 2.05) is 32.0 Å². The fourth-order valence-corrected chi connectivity index (χ4v) is 1.62. The first-order valence-electron chi connectivity index (χ1n) is 5.36. The van der Waals surface area contributed by atoms with Crippen molar-refractivity contribution < 1.29 is 4.79 Å². The van der Waals surface area contributed by atoms with E-state index in [0.29, 0.717) is 12.2 Å². The maximum Gasteiger partial charge on any atom is 0.269 e. The van der Waals surface area contributed by atoms with Crippen LogP contribution in [-0.4, -0.2) is 17.4 Å². The molecule has 1 heterocycles. The number of aryl methyl sites for hydroxylation is 1. The van der Waals surface area contributed by atoms with E-state index in [1.165, 1.54) is 5.56 Å². The van der Waals surface area contributed by atoms with E-state index in [1.54, 1.807) is 6.07 Å². The van der Waals surface area contributed by atoms with Crippen molar-refractivity contribution >= 4 is 16.8 Å². The van der Waals surface area contributed by atoms with Gasteiger partial charge in [0.05, 0.1) is 5.52 Å². The summed E-state index contributed by atoms with van der Waals surface area (Å²) in [6.07, 6.45) is 0. The largest absolute Gasteiger partial charge is 0.351 e. The third kappa shape index (κ3) is 2.03. The number of pyridine rings is 1. The monoisotopic (exact) mass is 214 g/mol. The van der Waals surface area contributed by atoms with Gasteiger partial charge in [-0.3, -0.25) is 4.79 Å². The third-order valence-corrected chi connectivity index (χ3v) is 2.41. The van der Waals surface area contributed by atoms with Gasteiger partial charge in [0, 0.05) is 11.9 Å². The topological polar surface area (TPSA) is 42.0 Å². The highest BCUT2D eigenvalue weighted by Crippen LogP contribution is 2.14. The number of amides is 1. The molecule has 1 aromatic heterocycles. The van der Waals surface area contributed by atoms with Crippen LogP contribution in [0.15, 0.2) is 30.3 Å². The number of rotatable bonds is 2. The van der Waals surface area contributed by atoms with Gasteiger partial charge in [-0.1, -0.05) is 17.7 Å². The molecule has 2 rings (SSSR count). The highest BCUT2D eigenvalue weighted by molar-refractivity contribution is 5.94. The Morgan fingerprint density at radius 3 is 2.88 bits per heavy atom. The van der Waals surface area contributed by atoms with Gasteiger partial charge < -0.3 is 5.32 Å². The lowest BCUT2D eigenvalue weighted by atomic mass is 10.1. The Balaban J connectivity index is 2.44. The zero-order chi connectivity index (χ0) is 11.5. The fourth-order valence-electron chi connectivity index (χ4n) is 1.62. The Morgan fingerprint density at radius 1 is 1.31 bits per heavy atom. The quantitative estimate of drug-likeness (QED) is 0.833. The van der Waals surface area contributed by atoms with Crippen LogP contribution in [-0.2, 0) is 0 Å². The van der Waals surface area contributed by atoms with E-state index in [9.17, 15) is 4.79 Å². The summed E-state index contributed by atoms with van der Waals surface area (Å²) in [6, 6.07) is 9.68. The van der Waals surface area contributed by atoms with Crippen LogP contribution in [0, 0.1) is 6.92 Å². The molecule has 0 radical (unpaired) electrons. The Hall–Kier alpha value is -1.90. The number of aromatic nitrogens is 1. The minimum atomic E-state index is -0.120. The Morgan fingerprint density at radius 2 is 2.12 bits per heavy atom. The Kier molecular flexibility index (Phi) is 2.86. The summed E-state index contributed by atoms with van der Waals surface area (Å²) in [5, 5.41) is 3.80. The summed E-state index contributed by atoms with van der Waals surface area (Å²) in [6.45, 7) is 4.55. The van der Waals surface area contributed by atoms with E-state index in [0.717, 1.165) is 10.9 Å². The van der Waals surface area contributed by atoms with Gasteiger partial charge in [-0.15, -0.1) is 0 Å². The lowest BCUT2D eigenvalue weighted by Crippen LogP contribution is -2.23. The maximum atomic E-state index is 11.6. The molecular formula is C13H14N2O. The number of fused-ring (bicyclic) bond motifs is 1. The van der Waals surface area contributed by atoms with Crippen LogP contribution >= 0.6 is 0 Å².